The van der Waals surface area contributed by atoms with Crippen molar-refractivity contribution < 1.29 is 14.7 Å². The molecule has 0 aliphatic heterocycles. The summed E-state index contributed by atoms with van der Waals surface area (Å²) in [6, 6.07) is 4.51. The lowest BCUT2D eigenvalue weighted by molar-refractivity contribution is 0.0696. The first-order valence-corrected chi connectivity index (χ1v) is 5.48. The molecule has 2 aromatic rings. The second kappa shape index (κ2) is 5.26. The quantitative estimate of drug-likeness (QED) is 0.873. The highest BCUT2D eigenvalue weighted by atomic mass is 16.4. The summed E-state index contributed by atoms with van der Waals surface area (Å²) in [5.74, 6) is -1.11. The molecule has 0 atom stereocenters. The Morgan fingerprint density at radius 2 is 1.95 bits per heavy atom. The van der Waals surface area contributed by atoms with E-state index in [1.165, 1.54) is 24.5 Å². The first-order chi connectivity index (χ1) is 9.06. The number of aryl methyl sites for hydroxylation is 1. The lowest BCUT2D eigenvalue weighted by Crippen LogP contribution is -2.13. The molecule has 2 rings (SSSR count). The Morgan fingerprint density at radius 3 is 2.53 bits per heavy atom. The molecule has 2 N–H and O–H groups in total. The van der Waals surface area contributed by atoms with Crippen molar-refractivity contribution in [3.63, 3.8) is 0 Å². The van der Waals surface area contributed by atoms with Crippen LogP contribution >= 0.6 is 0 Å². The fourth-order valence-corrected chi connectivity index (χ4v) is 1.46. The van der Waals surface area contributed by atoms with Gasteiger partial charge in [-0.3, -0.25) is 9.78 Å². The molecule has 0 radical (unpaired) electrons. The monoisotopic (exact) mass is 257 g/mol. The summed E-state index contributed by atoms with van der Waals surface area (Å²) in [6.45, 7) is 1.84. The van der Waals surface area contributed by atoms with E-state index in [0.29, 0.717) is 5.56 Å². The Labute approximate surface area is 109 Å². The summed E-state index contributed by atoms with van der Waals surface area (Å²) < 4.78 is 0. The topological polar surface area (TPSA) is 92.2 Å². The summed E-state index contributed by atoms with van der Waals surface area (Å²) in [6.07, 6.45) is 4.29. The van der Waals surface area contributed by atoms with Crippen LogP contribution in [-0.2, 0) is 0 Å². The van der Waals surface area contributed by atoms with E-state index >= 15 is 0 Å². The van der Waals surface area contributed by atoms with Gasteiger partial charge in [0.1, 0.15) is 5.82 Å². The maximum Gasteiger partial charge on any atom is 0.337 e. The Bertz CT molecular complexity index is 623. The maximum atomic E-state index is 11.9. The minimum absolute atomic E-state index is 0.0650. The van der Waals surface area contributed by atoms with Crippen LogP contribution in [0.3, 0.4) is 0 Å². The molecule has 96 valence electrons. The number of carbonyl (C=O) groups is 2. The smallest absolute Gasteiger partial charge is 0.337 e. The number of aromatic nitrogens is 2. The highest BCUT2D eigenvalue weighted by molar-refractivity contribution is 6.03. The van der Waals surface area contributed by atoms with Crippen LogP contribution in [0.25, 0.3) is 0 Å². The molecule has 0 spiro atoms. The fraction of sp³-hybridized carbons (Fsp3) is 0.0769. The number of hydrogen-bond acceptors (Lipinski definition) is 4. The summed E-state index contributed by atoms with van der Waals surface area (Å²) >= 11 is 0. The Hall–Kier alpha value is -2.76. The van der Waals surface area contributed by atoms with Crippen LogP contribution in [0.1, 0.15) is 26.3 Å². The van der Waals surface area contributed by atoms with Gasteiger partial charge in [-0.2, -0.15) is 0 Å². The predicted molar refractivity (Wildman–Crippen MR) is 68.1 cm³/mol. The van der Waals surface area contributed by atoms with Crippen LogP contribution in [0, 0.1) is 6.92 Å². The summed E-state index contributed by atoms with van der Waals surface area (Å²) in [5, 5.41) is 11.3. The van der Waals surface area contributed by atoms with Gasteiger partial charge in [0.05, 0.1) is 11.1 Å². The molecule has 2 heterocycles. The van der Waals surface area contributed by atoms with Gasteiger partial charge in [-0.25, -0.2) is 9.78 Å². The van der Waals surface area contributed by atoms with Gasteiger partial charge in [0.15, 0.2) is 0 Å². The van der Waals surface area contributed by atoms with E-state index in [1.54, 1.807) is 12.3 Å². The number of nitrogens with zero attached hydrogens (tertiary/aromatic N) is 2. The zero-order chi connectivity index (χ0) is 13.8. The Balaban J connectivity index is 2.13. The summed E-state index contributed by atoms with van der Waals surface area (Å²) in [5.41, 5.74) is 1.36. The van der Waals surface area contributed by atoms with Gasteiger partial charge < -0.3 is 10.4 Å². The molecule has 0 aromatic carbocycles. The van der Waals surface area contributed by atoms with E-state index in [2.05, 4.69) is 15.3 Å². The van der Waals surface area contributed by atoms with Gasteiger partial charge in [0, 0.05) is 18.6 Å². The number of rotatable bonds is 3. The van der Waals surface area contributed by atoms with Crippen LogP contribution in [0.15, 0.2) is 36.8 Å². The SMILES string of the molecule is Cc1cncc(C(=O)Nc2ccc(C(=O)O)cn2)c1. The third kappa shape index (κ3) is 3.12. The highest BCUT2D eigenvalue weighted by Crippen LogP contribution is 2.08. The second-order valence-corrected chi connectivity index (χ2v) is 3.94. The van der Waals surface area contributed by atoms with E-state index < -0.39 is 5.97 Å². The summed E-state index contributed by atoms with van der Waals surface area (Å²) in [4.78, 5) is 30.3. The van der Waals surface area contributed by atoms with Gasteiger partial charge in [0.2, 0.25) is 0 Å². The Kier molecular flexibility index (Phi) is 3.51. The highest BCUT2D eigenvalue weighted by Gasteiger charge is 2.08. The molecule has 1 amide bonds. The van der Waals surface area contributed by atoms with Crippen molar-refractivity contribution in [1.82, 2.24) is 9.97 Å². The van der Waals surface area contributed by atoms with E-state index in [9.17, 15) is 9.59 Å². The normalized spacial score (nSPS) is 9.95. The number of carboxylic acids is 1. The van der Waals surface area contributed by atoms with Crippen LogP contribution in [-0.4, -0.2) is 27.0 Å². The average Bonchev–Trinajstić information content (AvgIpc) is 2.39. The Morgan fingerprint density at radius 1 is 1.16 bits per heavy atom. The number of carbonyl (C=O) groups excluding carboxylic acids is 1. The number of hydrogen-bond donors (Lipinski definition) is 2. The first-order valence-electron chi connectivity index (χ1n) is 5.48. The number of amides is 1. The largest absolute Gasteiger partial charge is 0.478 e. The van der Waals surface area contributed by atoms with Gasteiger partial charge >= 0.3 is 5.97 Å². The van der Waals surface area contributed by atoms with E-state index in [-0.39, 0.29) is 17.3 Å². The van der Waals surface area contributed by atoms with E-state index in [4.69, 9.17) is 5.11 Å². The molecule has 6 nitrogen and oxygen atoms in total. The van der Waals surface area contributed by atoms with Crippen molar-refractivity contribution in [2.24, 2.45) is 0 Å². The van der Waals surface area contributed by atoms with Crippen LogP contribution in [0.4, 0.5) is 5.82 Å². The minimum Gasteiger partial charge on any atom is -0.478 e. The fourth-order valence-electron chi connectivity index (χ4n) is 1.46. The van der Waals surface area contributed by atoms with Crippen LogP contribution < -0.4 is 5.32 Å². The first kappa shape index (κ1) is 12.7. The minimum atomic E-state index is -1.06. The number of aromatic carboxylic acids is 1. The third-order valence-corrected chi connectivity index (χ3v) is 2.39. The molecule has 0 aliphatic rings. The van der Waals surface area contributed by atoms with Gasteiger partial charge in [0.25, 0.3) is 5.91 Å². The van der Waals surface area contributed by atoms with Crippen molar-refractivity contribution in [2.75, 3.05) is 5.32 Å². The van der Waals surface area contributed by atoms with Gasteiger partial charge in [-0.15, -0.1) is 0 Å². The number of anilines is 1. The average molecular weight is 257 g/mol. The molecular weight excluding hydrogens is 246 g/mol. The van der Waals surface area contributed by atoms with Gasteiger partial charge in [-0.1, -0.05) is 0 Å². The van der Waals surface area contributed by atoms with E-state index in [0.717, 1.165) is 5.56 Å². The predicted octanol–water partition coefficient (Wildman–Crippen LogP) is 1.74. The molecule has 6 heteroatoms. The number of carboxylic acid groups (broad SMARTS) is 1. The van der Waals surface area contributed by atoms with Crippen LogP contribution in [0.5, 0.6) is 0 Å². The molecule has 0 fully saturated rings. The number of nitrogens with one attached hydrogen (secondary N) is 1. The molecule has 0 saturated carbocycles. The molecule has 0 unspecified atom stereocenters. The van der Waals surface area contributed by atoms with Crippen molar-refractivity contribution in [3.05, 3.63) is 53.5 Å². The molecule has 0 saturated heterocycles. The zero-order valence-electron chi connectivity index (χ0n) is 10.1. The van der Waals surface area contributed by atoms with Crippen molar-refractivity contribution in [3.8, 4) is 0 Å². The third-order valence-electron chi connectivity index (χ3n) is 2.39. The summed E-state index contributed by atoms with van der Waals surface area (Å²) in [7, 11) is 0. The lowest BCUT2D eigenvalue weighted by atomic mass is 10.2. The molecule has 0 aliphatic carbocycles. The maximum absolute atomic E-state index is 11.9. The second-order valence-electron chi connectivity index (χ2n) is 3.94. The van der Waals surface area contributed by atoms with E-state index in [1.807, 2.05) is 6.92 Å². The standard InChI is InChI=1S/C13H11N3O3/c1-8-4-10(6-14-5-8)12(17)16-11-3-2-9(7-15-11)13(18)19/h2-7H,1H3,(H,18,19)(H,15,16,17). The van der Waals surface area contributed by atoms with Crippen molar-refractivity contribution in [1.29, 1.82) is 0 Å². The molecular formula is C13H11N3O3. The van der Waals surface area contributed by atoms with Crippen molar-refractivity contribution >= 4 is 17.7 Å². The molecule has 19 heavy (non-hydrogen) atoms. The van der Waals surface area contributed by atoms with Crippen LogP contribution in [0.2, 0.25) is 0 Å². The molecule has 2 aromatic heterocycles. The lowest BCUT2D eigenvalue weighted by Gasteiger charge is -2.04. The van der Waals surface area contributed by atoms with Gasteiger partial charge in [-0.05, 0) is 30.7 Å². The number of pyridine rings is 2. The van der Waals surface area contributed by atoms with Crippen molar-refractivity contribution in [2.45, 2.75) is 6.92 Å². The molecule has 0 bridgehead atoms. The zero-order valence-corrected chi connectivity index (χ0v) is 10.1.